The highest BCUT2D eigenvalue weighted by Crippen LogP contribution is 2.30. The van der Waals surface area contributed by atoms with Crippen LogP contribution < -0.4 is 11.3 Å². The lowest BCUT2D eigenvalue weighted by atomic mass is 10.4. The topological polar surface area (TPSA) is 115 Å². The number of anilines is 1. The Morgan fingerprint density at radius 1 is 1.45 bits per heavy atom. The molecule has 8 nitrogen and oxygen atoms in total. The zero-order valence-electron chi connectivity index (χ0n) is 10.2. The molecule has 0 aliphatic heterocycles. The monoisotopic (exact) mass is 309 g/mol. The van der Waals surface area contributed by atoms with Gasteiger partial charge >= 0.3 is 0 Å². The number of halogens is 1. The summed E-state index contributed by atoms with van der Waals surface area (Å²) in [7, 11) is 0. The molecule has 3 aromatic heterocycles. The number of hydrogen-bond acceptors (Lipinski definition) is 7. The van der Waals surface area contributed by atoms with Crippen LogP contribution in [0.3, 0.4) is 0 Å². The first kappa shape index (κ1) is 12.9. The van der Waals surface area contributed by atoms with Crippen LogP contribution in [0.4, 0.5) is 5.82 Å². The van der Waals surface area contributed by atoms with Crippen LogP contribution in [0.25, 0.3) is 5.78 Å². The molecule has 0 atom stereocenters. The lowest BCUT2D eigenvalue weighted by Crippen LogP contribution is -2.10. The van der Waals surface area contributed by atoms with Crippen molar-refractivity contribution in [1.82, 2.24) is 29.5 Å². The van der Waals surface area contributed by atoms with Gasteiger partial charge in [-0.05, 0) is 18.7 Å². The Labute approximate surface area is 121 Å². The van der Waals surface area contributed by atoms with Gasteiger partial charge < -0.3 is 10.7 Å². The van der Waals surface area contributed by atoms with E-state index in [2.05, 4.69) is 25.0 Å². The van der Waals surface area contributed by atoms with Crippen LogP contribution in [0.5, 0.6) is 0 Å². The van der Waals surface area contributed by atoms with Crippen LogP contribution in [0, 0.1) is 6.92 Å². The van der Waals surface area contributed by atoms with Crippen LogP contribution in [0.15, 0.2) is 27.4 Å². The number of aromatic nitrogens is 6. The average molecular weight is 310 g/mol. The van der Waals surface area contributed by atoms with E-state index in [0.717, 1.165) is 0 Å². The van der Waals surface area contributed by atoms with E-state index >= 15 is 0 Å². The van der Waals surface area contributed by atoms with Crippen LogP contribution in [-0.4, -0.2) is 29.5 Å². The smallest absolute Gasteiger partial charge is 0.254 e. The standard InChI is InChI=1S/C10H8ClN7OS/c1-4-7(11)17-9-13-3-14-18(9)8(4)20-10-15-5(12)2-6(19)16-10/h2-3H,1H3,(H3,12,15,16,19). The second-order valence-corrected chi connectivity index (χ2v) is 5.22. The van der Waals surface area contributed by atoms with Gasteiger partial charge in [0.25, 0.3) is 11.3 Å². The minimum Gasteiger partial charge on any atom is -0.383 e. The molecule has 3 aromatic rings. The summed E-state index contributed by atoms with van der Waals surface area (Å²) < 4.78 is 1.52. The molecular weight excluding hydrogens is 302 g/mol. The predicted molar refractivity (Wildman–Crippen MR) is 73.9 cm³/mol. The molecule has 0 spiro atoms. The van der Waals surface area contributed by atoms with Crippen molar-refractivity contribution in [2.45, 2.75) is 17.1 Å². The van der Waals surface area contributed by atoms with Gasteiger partial charge in [-0.25, -0.2) is 4.98 Å². The summed E-state index contributed by atoms with van der Waals surface area (Å²) in [5.41, 5.74) is 5.94. The molecule has 3 heterocycles. The summed E-state index contributed by atoms with van der Waals surface area (Å²) in [6, 6.07) is 1.21. The van der Waals surface area contributed by atoms with Gasteiger partial charge in [0.1, 0.15) is 22.3 Å². The van der Waals surface area contributed by atoms with Crippen LogP contribution in [0.2, 0.25) is 5.15 Å². The highest BCUT2D eigenvalue weighted by atomic mass is 35.5. The molecule has 0 fully saturated rings. The number of H-pyrrole nitrogens is 1. The van der Waals surface area contributed by atoms with Gasteiger partial charge in [0, 0.05) is 11.6 Å². The molecule has 0 aliphatic carbocycles. The summed E-state index contributed by atoms with van der Waals surface area (Å²) in [6.45, 7) is 1.79. The van der Waals surface area contributed by atoms with Gasteiger partial charge in [0.15, 0.2) is 5.16 Å². The van der Waals surface area contributed by atoms with E-state index in [1.165, 1.54) is 28.7 Å². The largest absolute Gasteiger partial charge is 0.383 e. The first-order chi connectivity index (χ1) is 9.54. The summed E-state index contributed by atoms with van der Waals surface area (Å²) in [5.74, 6) is 0.512. The Balaban J connectivity index is 2.16. The molecule has 0 aromatic carbocycles. The Kier molecular flexibility index (Phi) is 3.07. The van der Waals surface area contributed by atoms with E-state index in [0.29, 0.717) is 26.7 Å². The molecule has 102 valence electrons. The predicted octanol–water partition coefficient (Wildman–Crippen LogP) is 0.903. The number of hydrogen-bond donors (Lipinski definition) is 2. The third kappa shape index (κ3) is 2.21. The van der Waals surface area contributed by atoms with Gasteiger partial charge in [0.05, 0.1) is 0 Å². The molecule has 3 N–H and O–H groups in total. The molecule has 0 bridgehead atoms. The SMILES string of the molecule is Cc1c(Cl)nc2ncnn2c1Sc1nc(N)cc(=O)[nH]1. The van der Waals surface area contributed by atoms with E-state index in [9.17, 15) is 4.79 Å². The van der Waals surface area contributed by atoms with Gasteiger partial charge in [-0.2, -0.15) is 19.6 Å². The molecule has 0 unspecified atom stereocenters. The number of nitrogens with zero attached hydrogens (tertiary/aromatic N) is 5. The fraction of sp³-hybridized carbons (Fsp3) is 0.100. The van der Waals surface area contributed by atoms with Crippen molar-refractivity contribution in [2.75, 3.05) is 5.73 Å². The minimum atomic E-state index is -0.326. The zero-order valence-corrected chi connectivity index (χ0v) is 11.7. The fourth-order valence-electron chi connectivity index (χ4n) is 1.59. The number of nitrogens with one attached hydrogen (secondary N) is 1. The van der Waals surface area contributed by atoms with Gasteiger partial charge in [0.2, 0.25) is 0 Å². The van der Waals surface area contributed by atoms with Crippen molar-refractivity contribution in [3.8, 4) is 0 Å². The molecule has 0 amide bonds. The second kappa shape index (κ2) is 4.76. The summed E-state index contributed by atoms with van der Waals surface area (Å²) in [5, 5.41) is 5.40. The van der Waals surface area contributed by atoms with Crippen LogP contribution in [0.1, 0.15) is 5.56 Å². The Morgan fingerprint density at radius 3 is 3.00 bits per heavy atom. The molecule has 0 aliphatic rings. The van der Waals surface area contributed by atoms with Crippen LogP contribution >= 0.6 is 23.4 Å². The molecular formula is C10H8ClN7OS. The maximum absolute atomic E-state index is 11.4. The third-order valence-corrected chi connectivity index (χ3v) is 3.91. The normalized spacial score (nSPS) is 11.1. The van der Waals surface area contributed by atoms with E-state index in [1.54, 1.807) is 6.92 Å². The van der Waals surface area contributed by atoms with E-state index < -0.39 is 0 Å². The number of fused-ring (bicyclic) bond motifs is 1. The Bertz CT molecular complexity index is 858. The maximum Gasteiger partial charge on any atom is 0.254 e. The lowest BCUT2D eigenvalue weighted by Gasteiger charge is -2.07. The summed E-state index contributed by atoms with van der Waals surface area (Å²) in [6.07, 6.45) is 1.37. The van der Waals surface area contributed by atoms with E-state index in [1.807, 2.05) is 0 Å². The summed E-state index contributed by atoms with van der Waals surface area (Å²) >= 11 is 7.24. The second-order valence-electron chi connectivity index (χ2n) is 3.88. The molecule has 20 heavy (non-hydrogen) atoms. The van der Waals surface area contributed by atoms with Gasteiger partial charge in [-0.1, -0.05) is 11.6 Å². The quantitative estimate of drug-likeness (QED) is 0.534. The van der Waals surface area contributed by atoms with Gasteiger partial charge in [-0.15, -0.1) is 0 Å². The van der Waals surface area contributed by atoms with E-state index in [-0.39, 0.29) is 11.4 Å². The van der Waals surface area contributed by atoms with Crippen molar-refractivity contribution in [1.29, 1.82) is 0 Å². The lowest BCUT2D eigenvalue weighted by molar-refractivity contribution is 0.819. The highest BCUT2D eigenvalue weighted by Gasteiger charge is 2.14. The number of nitrogens with two attached hydrogens (primary N) is 1. The van der Waals surface area contributed by atoms with Crippen molar-refractivity contribution >= 4 is 35.0 Å². The number of nitrogen functional groups attached to an aromatic ring is 1. The van der Waals surface area contributed by atoms with Crippen molar-refractivity contribution in [3.63, 3.8) is 0 Å². The van der Waals surface area contributed by atoms with Crippen molar-refractivity contribution in [3.05, 3.63) is 33.5 Å². The first-order valence-corrected chi connectivity index (χ1v) is 6.64. The van der Waals surface area contributed by atoms with Gasteiger partial charge in [-0.3, -0.25) is 4.79 Å². The minimum absolute atomic E-state index is 0.142. The summed E-state index contributed by atoms with van der Waals surface area (Å²) in [4.78, 5) is 26.1. The molecule has 3 rings (SSSR count). The van der Waals surface area contributed by atoms with Crippen molar-refractivity contribution < 1.29 is 0 Å². The molecule has 0 saturated heterocycles. The third-order valence-electron chi connectivity index (χ3n) is 2.48. The Morgan fingerprint density at radius 2 is 2.25 bits per heavy atom. The van der Waals surface area contributed by atoms with E-state index in [4.69, 9.17) is 17.3 Å². The zero-order chi connectivity index (χ0) is 14.3. The average Bonchev–Trinajstić information content (AvgIpc) is 2.81. The number of aromatic amines is 1. The number of rotatable bonds is 2. The molecule has 0 radical (unpaired) electrons. The van der Waals surface area contributed by atoms with Crippen LogP contribution in [-0.2, 0) is 0 Å². The molecule has 0 saturated carbocycles. The fourth-order valence-corrected chi connectivity index (χ4v) is 2.76. The molecule has 10 heteroatoms. The maximum atomic E-state index is 11.4. The van der Waals surface area contributed by atoms with Crippen molar-refractivity contribution in [2.24, 2.45) is 0 Å². The highest BCUT2D eigenvalue weighted by molar-refractivity contribution is 7.99. The Hall–Kier alpha value is -2.13. The first-order valence-electron chi connectivity index (χ1n) is 5.45.